The number of hydrogen-bond acceptors (Lipinski definition) is 5. The fourth-order valence-corrected chi connectivity index (χ4v) is 4.42. The van der Waals surface area contributed by atoms with Crippen molar-refractivity contribution in [2.24, 2.45) is 5.41 Å². The molecule has 3 aliphatic rings. The van der Waals surface area contributed by atoms with Gasteiger partial charge < -0.3 is 4.90 Å². The number of pyridine rings is 1. The van der Waals surface area contributed by atoms with Crippen LogP contribution in [-0.4, -0.2) is 70.3 Å². The van der Waals surface area contributed by atoms with Crippen molar-refractivity contribution in [1.29, 1.82) is 0 Å². The Hall–Kier alpha value is -2.28. The molecule has 0 radical (unpaired) electrons. The van der Waals surface area contributed by atoms with E-state index >= 15 is 0 Å². The number of amides is 3. The van der Waals surface area contributed by atoms with E-state index in [2.05, 4.69) is 9.88 Å². The van der Waals surface area contributed by atoms with Gasteiger partial charge in [0.05, 0.1) is 12.1 Å². The molecule has 1 aromatic rings. The smallest absolute Gasteiger partial charge is 0.254 e. The zero-order chi connectivity index (χ0) is 18.1. The molecule has 3 heterocycles. The highest BCUT2D eigenvalue weighted by Crippen LogP contribution is 2.46. The van der Waals surface area contributed by atoms with Crippen molar-refractivity contribution in [3.05, 3.63) is 30.1 Å². The average molecular weight is 356 g/mol. The molecular weight excluding hydrogens is 332 g/mol. The Morgan fingerprint density at radius 1 is 1.04 bits per heavy atom. The topological polar surface area (TPSA) is 73.8 Å². The first-order valence-corrected chi connectivity index (χ1v) is 9.36. The fourth-order valence-electron chi connectivity index (χ4n) is 4.42. The maximum Gasteiger partial charge on any atom is 0.254 e. The van der Waals surface area contributed by atoms with E-state index in [1.54, 1.807) is 24.5 Å². The molecule has 7 nitrogen and oxygen atoms in total. The van der Waals surface area contributed by atoms with Crippen molar-refractivity contribution in [3.8, 4) is 0 Å². The molecule has 0 bridgehead atoms. The summed E-state index contributed by atoms with van der Waals surface area (Å²) in [6, 6.07) is 3.44. The third-order valence-electron chi connectivity index (χ3n) is 5.98. The molecule has 3 amide bonds. The van der Waals surface area contributed by atoms with Crippen LogP contribution in [0.4, 0.5) is 0 Å². The molecule has 1 aliphatic carbocycles. The Balaban J connectivity index is 1.33. The summed E-state index contributed by atoms with van der Waals surface area (Å²) in [5.41, 5.74) is 0.234. The van der Waals surface area contributed by atoms with Gasteiger partial charge in [0.25, 0.3) is 5.91 Å². The van der Waals surface area contributed by atoms with Crippen LogP contribution in [-0.2, 0) is 9.59 Å². The lowest BCUT2D eigenvalue weighted by molar-refractivity contribution is -0.144. The summed E-state index contributed by atoms with van der Waals surface area (Å²) in [6.45, 7) is 2.89. The highest BCUT2D eigenvalue weighted by molar-refractivity contribution is 6.06. The van der Waals surface area contributed by atoms with Crippen LogP contribution >= 0.6 is 0 Å². The van der Waals surface area contributed by atoms with Crippen LogP contribution in [0.15, 0.2) is 24.5 Å². The summed E-state index contributed by atoms with van der Waals surface area (Å²) in [5, 5.41) is 0. The largest absolute Gasteiger partial charge is 0.336 e. The van der Waals surface area contributed by atoms with E-state index in [0.29, 0.717) is 44.8 Å². The van der Waals surface area contributed by atoms with Crippen LogP contribution in [0.3, 0.4) is 0 Å². The van der Waals surface area contributed by atoms with Gasteiger partial charge in [-0.2, -0.15) is 0 Å². The maximum absolute atomic E-state index is 12.8. The lowest BCUT2D eigenvalue weighted by Gasteiger charge is -2.36. The van der Waals surface area contributed by atoms with E-state index in [1.165, 1.54) is 4.90 Å². The number of carbonyl (C=O) groups excluding carboxylic acids is 3. The number of carbonyl (C=O) groups is 3. The summed E-state index contributed by atoms with van der Waals surface area (Å²) >= 11 is 0. The molecule has 0 atom stereocenters. The normalized spacial score (nSPS) is 23.2. The first-order valence-electron chi connectivity index (χ1n) is 9.36. The lowest BCUT2D eigenvalue weighted by Crippen LogP contribution is -2.52. The van der Waals surface area contributed by atoms with E-state index in [9.17, 15) is 14.4 Å². The van der Waals surface area contributed by atoms with Gasteiger partial charge in [-0.1, -0.05) is 12.8 Å². The van der Waals surface area contributed by atoms with E-state index < -0.39 is 5.41 Å². The minimum atomic E-state index is -0.407. The van der Waals surface area contributed by atoms with Crippen LogP contribution in [0.5, 0.6) is 0 Å². The minimum absolute atomic E-state index is 0.00489. The molecule has 1 spiro atoms. The van der Waals surface area contributed by atoms with Crippen molar-refractivity contribution >= 4 is 17.7 Å². The molecule has 2 saturated heterocycles. The van der Waals surface area contributed by atoms with Gasteiger partial charge in [0.15, 0.2) is 0 Å². The van der Waals surface area contributed by atoms with Gasteiger partial charge in [0.1, 0.15) is 0 Å². The molecule has 1 aromatic heterocycles. The van der Waals surface area contributed by atoms with Crippen molar-refractivity contribution in [3.63, 3.8) is 0 Å². The molecule has 3 fully saturated rings. The number of hydrogen-bond donors (Lipinski definition) is 0. The van der Waals surface area contributed by atoms with E-state index in [-0.39, 0.29) is 17.7 Å². The van der Waals surface area contributed by atoms with Gasteiger partial charge >= 0.3 is 0 Å². The lowest BCUT2D eigenvalue weighted by atomic mass is 9.85. The van der Waals surface area contributed by atoms with Gasteiger partial charge in [0, 0.05) is 50.6 Å². The molecule has 7 heteroatoms. The average Bonchev–Trinajstić information content (AvgIpc) is 3.23. The van der Waals surface area contributed by atoms with Crippen molar-refractivity contribution < 1.29 is 14.4 Å². The number of piperazine rings is 1. The number of imide groups is 1. The Morgan fingerprint density at radius 3 is 2.35 bits per heavy atom. The highest BCUT2D eigenvalue weighted by Gasteiger charge is 2.52. The molecule has 0 N–H and O–H groups in total. The van der Waals surface area contributed by atoms with Crippen LogP contribution in [0.2, 0.25) is 0 Å². The van der Waals surface area contributed by atoms with Gasteiger partial charge in [-0.25, -0.2) is 0 Å². The van der Waals surface area contributed by atoms with Crippen LogP contribution in [0, 0.1) is 5.41 Å². The van der Waals surface area contributed by atoms with E-state index in [0.717, 1.165) is 25.7 Å². The first-order chi connectivity index (χ1) is 12.6. The van der Waals surface area contributed by atoms with E-state index in [4.69, 9.17) is 0 Å². The molecule has 1 saturated carbocycles. The predicted molar refractivity (Wildman–Crippen MR) is 94.0 cm³/mol. The highest BCUT2D eigenvalue weighted by atomic mass is 16.2. The molecule has 4 rings (SSSR count). The van der Waals surface area contributed by atoms with Crippen LogP contribution in [0.25, 0.3) is 0 Å². The Morgan fingerprint density at radius 2 is 1.69 bits per heavy atom. The second-order valence-electron chi connectivity index (χ2n) is 7.58. The Bertz CT molecular complexity index is 707. The third kappa shape index (κ3) is 3.00. The molecule has 0 aromatic carbocycles. The molecule has 2 aliphatic heterocycles. The quantitative estimate of drug-likeness (QED) is 0.759. The van der Waals surface area contributed by atoms with Crippen LogP contribution in [0.1, 0.15) is 42.5 Å². The zero-order valence-corrected chi connectivity index (χ0v) is 14.9. The second kappa shape index (κ2) is 6.79. The summed E-state index contributed by atoms with van der Waals surface area (Å²) < 4.78 is 0. The maximum atomic E-state index is 12.8. The molecule has 26 heavy (non-hydrogen) atoms. The molecule has 138 valence electrons. The van der Waals surface area contributed by atoms with Gasteiger partial charge in [0.2, 0.25) is 11.8 Å². The standard InChI is InChI=1S/C19H24N4O3/c24-16-13-19(5-1-2-6-19)18(26)23(16)14-21-9-11-22(12-10-21)17(25)15-3-7-20-8-4-15/h3-4,7-8H,1-2,5-6,9-14H2. The predicted octanol–water partition coefficient (Wildman–Crippen LogP) is 1.12. The monoisotopic (exact) mass is 356 g/mol. The fraction of sp³-hybridized carbons (Fsp3) is 0.579. The Labute approximate surface area is 153 Å². The summed E-state index contributed by atoms with van der Waals surface area (Å²) in [6.07, 6.45) is 7.40. The first kappa shape index (κ1) is 17.1. The van der Waals surface area contributed by atoms with Crippen molar-refractivity contribution in [2.45, 2.75) is 32.1 Å². The minimum Gasteiger partial charge on any atom is -0.336 e. The van der Waals surface area contributed by atoms with Crippen molar-refractivity contribution in [1.82, 2.24) is 19.7 Å². The van der Waals surface area contributed by atoms with Crippen molar-refractivity contribution in [2.75, 3.05) is 32.8 Å². The Kier molecular flexibility index (Phi) is 4.48. The van der Waals surface area contributed by atoms with Crippen LogP contribution < -0.4 is 0 Å². The number of nitrogens with zero attached hydrogens (tertiary/aromatic N) is 4. The van der Waals surface area contributed by atoms with Gasteiger partial charge in [-0.15, -0.1) is 0 Å². The number of rotatable bonds is 3. The zero-order valence-electron chi connectivity index (χ0n) is 14.9. The van der Waals surface area contributed by atoms with Gasteiger partial charge in [-0.3, -0.25) is 29.2 Å². The van der Waals surface area contributed by atoms with E-state index in [1.807, 2.05) is 4.90 Å². The SMILES string of the molecule is O=C(c1ccncc1)N1CCN(CN2C(=O)CC3(CCCC3)C2=O)CC1. The molecular formula is C19H24N4O3. The summed E-state index contributed by atoms with van der Waals surface area (Å²) in [5.74, 6) is -0.00670. The summed E-state index contributed by atoms with van der Waals surface area (Å²) in [7, 11) is 0. The summed E-state index contributed by atoms with van der Waals surface area (Å²) in [4.78, 5) is 47.0. The second-order valence-corrected chi connectivity index (χ2v) is 7.58. The third-order valence-corrected chi connectivity index (χ3v) is 5.98. The number of likely N-dealkylation sites (tertiary alicyclic amines) is 1. The van der Waals surface area contributed by atoms with Gasteiger partial charge in [-0.05, 0) is 25.0 Å². The molecule has 0 unspecified atom stereocenters. The number of aromatic nitrogens is 1.